The minimum atomic E-state index is -0.0943. The first-order valence-electron chi connectivity index (χ1n) is 8.08. The van der Waals surface area contributed by atoms with Crippen LogP contribution in [0.5, 0.6) is 5.75 Å². The molecule has 5 heteroatoms. The van der Waals surface area contributed by atoms with Gasteiger partial charge in [-0.25, -0.2) is 0 Å². The highest BCUT2D eigenvalue weighted by Gasteiger charge is 2.16. The lowest BCUT2D eigenvalue weighted by Gasteiger charge is -2.11. The Balaban J connectivity index is 1.51. The highest BCUT2D eigenvalue weighted by Crippen LogP contribution is 2.19. The third-order valence-electron chi connectivity index (χ3n) is 3.98. The summed E-state index contributed by atoms with van der Waals surface area (Å²) in [5, 5.41) is 3.59. The molecule has 1 aliphatic heterocycles. The van der Waals surface area contributed by atoms with E-state index in [1.54, 1.807) is 24.3 Å². The Labute approximate surface area is 146 Å². The van der Waals surface area contributed by atoms with E-state index in [1.165, 1.54) is 0 Å². The van der Waals surface area contributed by atoms with Crippen LogP contribution >= 0.6 is 11.6 Å². The van der Waals surface area contributed by atoms with Crippen molar-refractivity contribution in [3.05, 3.63) is 64.7 Å². The molecular formula is C19H20ClNO3. The van der Waals surface area contributed by atoms with E-state index in [0.717, 1.165) is 25.0 Å². The van der Waals surface area contributed by atoms with Crippen molar-refractivity contribution < 1.29 is 14.3 Å². The van der Waals surface area contributed by atoms with Gasteiger partial charge in [-0.15, -0.1) is 0 Å². The zero-order valence-corrected chi connectivity index (χ0v) is 14.1. The van der Waals surface area contributed by atoms with Crippen molar-refractivity contribution in [2.24, 2.45) is 0 Å². The first kappa shape index (κ1) is 16.8. The van der Waals surface area contributed by atoms with E-state index in [2.05, 4.69) is 5.32 Å². The number of hydrogen-bond donors (Lipinski definition) is 1. The molecule has 0 aromatic heterocycles. The fraction of sp³-hybridized carbons (Fsp3) is 0.316. The van der Waals surface area contributed by atoms with Gasteiger partial charge in [-0.2, -0.15) is 0 Å². The summed E-state index contributed by atoms with van der Waals surface area (Å²) < 4.78 is 11.2. The first-order chi connectivity index (χ1) is 11.7. The van der Waals surface area contributed by atoms with Crippen LogP contribution in [0.25, 0.3) is 0 Å². The normalized spacial score (nSPS) is 16.8. The van der Waals surface area contributed by atoms with E-state index in [4.69, 9.17) is 21.1 Å². The molecule has 0 saturated carbocycles. The fourth-order valence-corrected chi connectivity index (χ4v) is 2.78. The lowest BCUT2D eigenvalue weighted by molar-refractivity contribution is 0.0857. The highest BCUT2D eigenvalue weighted by atomic mass is 35.5. The minimum absolute atomic E-state index is 0.0943. The van der Waals surface area contributed by atoms with Crippen LogP contribution in [-0.2, 0) is 11.3 Å². The number of nitrogens with one attached hydrogen (secondary N) is 1. The van der Waals surface area contributed by atoms with Crippen molar-refractivity contribution in [1.82, 2.24) is 5.32 Å². The van der Waals surface area contributed by atoms with E-state index in [9.17, 15) is 4.79 Å². The number of carbonyl (C=O) groups excluding carboxylic acids is 1. The fourth-order valence-electron chi connectivity index (χ4n) is 2.59. The van der Waals surface area contributed by atoms with Gasteiger partial charge in [-0.3, -0.25) is 4.79 Å². The number of benzene rings is 2. The van der Waals surface area contributed by atoms with Gasteiger partial charge in [0.15, 0.2) is 0 Å². The Morgan fingerprint density at radius 1 is 1.21 bits per heavy atom. The molecule has 0 radical (unpaired) electrons. The summed E-state index contributed by atoms with van der Waals surface area (Å²) in [6.07, 6.45) is 2.22. The lowest BCUT2D eigenvalue weighted by atomic mass is 10.2. The number of rotatable bonds is 6. The van der Waals surface area contributed by atoms with Gasteiger partial charge in [-0.05, 0) is 43.2 Å². The highest BCUT2D eigenvalue weighted by molar-refractivity contribution is 6.31. The Morgan fingerprint density at radius 3 is 2.71 bits per heavy atom. The van der Waals surface area contributed by atoms with Crippen LogP contribution in [0.3, 0.4) is 0 Å². The second-order valence-electron chi connectivity index (χ2n) is 5.75. The van der Waals surface area contributed by atoms with Gasteiger partial charge in [0.05, 0.1) is 6.10 Å². The van der Waals surface area contributed by atoms with Crippen LogP contribution in [0.15, 0.2) is 48.5 Å². The van der Waals surface area contributed by atoms with E-state index in [-0.39, 0.29) is 12.0 Å². The Morgan fingerprint density at radius 2 is 2.00 bits per heavy atom. The standard InChI is InChI=1S/C19H20ClNO3/c20-18-6-2-1-4-15(18)13-24-16-9-7-14(8-10-16)19(22)21-12-17-5-3-11-23-17/h1-2,4,6-10,17H,3,5,11-13H2,(H,21,22)/t17-/m1/s1. The quantitative estimate of drug-likeness (QED) is 0.865. The maximum atomic E-state index is 12.1. The summed E-state index contributed by atoms with van der Waals surface area (Å²) in [5.41, 5.74) is 1.54. The smallest absolute Gasteiger partial charge is 0.251 e. The second kappa shape index (κ2) is 8.18. The number of ether oxygens (including phenoxy) is 2. The molecule has 1 atom stereocenters. The van der Waals surface area contributed by atoms with Crippen molar-refractivity contribution >= 4 is 17.5 Å². The summed E-state index contributed by atoms with van der Waals surface area (Å²) >= 11 is 6.10. The average Bonchev–Trinajstić information content (AvgIpc) is 3.13. The van der Waals surface area contributed by atoms with Gasteiger partial charge >= 0.3 is 0 Å². The van der Waals surface area contributed by atoms with Crippen molar-refractivity contribution in [3.8, 4) is 5.75 Å². The van der Waals surface area contributed by atoms with Crippen LogP contribution < -0.4 is 10.1 Å². The van der Waals surface area contributed by atoms with E-state index < -0.39 is 0 Å². The van der Waals surface area contributed by atoms with Gasteiger partial charge in [0.1, 0.15) is 12.4 Å². The summed E-state index contributed by atoms with van der Waals surface area (Å²) in [6, 6.07) is 14.7. The molecule has 1 saturated heterocycles. The van der Waals surface area contributed by atoms with Crippen molar-refractivity contribution in [1.29, 1.82) is 0 Å². The zero-order valence-electron chi connectivity index (χ0n) is 13.3. The predicted molar refractivity (Wildman–Crippen MR) is 93.5 cm³/mol. The molecule has 2 aromatic carbocycles. The molecule has 0 unspecified atom stereocenters. The lowest BCUT2D eigenvalue weighted by Crippen LogP contribution is -2.31. The molecular weight excluding hydrogens is 326 g/mol. The first-order valence-corrected chi connectivity index (χ1v) is 8.46. The third-order valence-corrected chi connectivity index (χ3v) is 4.35. The molecule has 0 bridgehead atoms. The van der Waals surface area contributed by atoms with Gasteiger partial charge in [0.2, 0.25) is 0 Å². The number of carbonyl (C=O) groups is 1. The van der Waals surface area contributed by atoms with E-state index >= 15 is 0 Å². The Hall–Kier alpha value is -2.04. The molecule has 2 aromatic rings. The molecule has 1 amide bonds. The summed E-state index contributed by atoms with van der Waals surface area (Å²) in [4.78, 5) is 12.1. The Kier molecular flexibility index (Phi) is 5.72. The molecule has 1 heterocycles. The number of hydrogen-bond acceptors (Lipinski definition) is 3. The molecule has 1 aliphatic rings. The van der Waals surface area contributed by atoms with Crippen molar-refractivity contribution in [2.75, 3.05) is 13.2 Å². The van der Waals surface area contributed by atoms with Crippen LogP contribution in [0, 0.1) is 0 Å². The van der Waals surface area contributed by atoms with Crippen LogP contribution in [0.4, 0.5) is 0 Å². The molecule has 0 spiro atoms. The van der Waals surface area contributed by atoms with Gasteiger partial charge in [-0.1, -0.05) is 29.8 Å². The van der Waals surface area contributed by atoms with E-state index in [1.807, 2.05) is 24.3 Å². The molecule has 3 rings (SSSR count). The summed E-state index contributed by atoms with van der Waals surface area (Å²) in [5.74, 6) is 0.605. The molecule has 1 fully saturated rings. The maximum Gasteiger partial charge on any atom is 0.251 e. The Bertz CT molecular complexity index is 681. The van der Waals surface area contributed by atoms with Crippen molar-refractivity contribution in [3.63, 3.8) is 0 Å². The monoisotopic (exact) mass is 345 g/mol. The minimum Gasteiger partial charge on any atom is -0.489 e. The third kappa shape index (κ3) is 4.49. The molecule has 0 aliphatic carbocycles. The number of halogens is 1. The maximum absolute atomic E-state index is 12.1. The molecule has 126 valence electrons. The predicted octanol–water partition coefficient (Wildman–Crippen LogP) is 3.83. The molecule has 1 N–H and O–H groups in total. The average molecular weight is 346 g/mol. The number of amides is 1. The SMILES string of the molecule is O=C(NC[C@H]1CCCO1)c1ccc(OCc2ccccc2Cl)cc1. The van der Waals surface area contributed by atoms with Crippen molar-refractivity contribution in [2.45, 2.75) is 25.6 Å². The van der Waals surface area contributed by atoms with Crippen LogP contribution in [0.2, 0.25) is 5.02 Å². The summed E-state index contributed by atoms with van der Waals surface area (Å²) in [7, 11) is 0. The van der Waals surface area contributed by atoms with Gasteiger partial charge in [0, 0.05) is 29.3 Å². The molecule has 24 heavy (non-hydrogen) atoms. The topological polar surface area (TPSA) is 47.6 Å². The zero-order chi connectivity index (χ0) is 16.8. The van der Waals surface area contributed by atoms with Crippen LogP contribution in [-0.4, -0.2) is 25.2 Å². The van der Waals surface area contributed by atoms with Gasteiger partial charge < -0.3 is 14.8 Å². The second-order valence-corrected chi connectivity index (χ2v) is 6.16. The van der Waals surface area contributed by atoms with Gasteiger partial charge in [0.25, 0.3) is 5.91 Å². The largest absolute Gasteiger partial charge is 0.489 e. The van der Waals surface area contributed by atoms with Crippen LogP contribution in [0.1, 0.15) is 28.8 Å². The van der Waals surface area contributed by atoms with E-state index in [0.29, 0.717) is 29.5 Å². The summed E-state index contributed by atoms with van der Waals surface area (Å²) in [6.45, 7) is 1.74. The molecule has 4 nitrogen and oxygen atoms in total.